The predicted molar refractivity (Wildman–Crippen MR) is 407 cm³/mol. The fourth-order valence-electron chi connectivity index (χ4n) is 13.9. The van der Waals surface area contributed by atoms with Crippen LogP contribution in [0.25, 0.3) is 0 Å². The highest BCUT2D eigenvalue weighted by Crippen LogP contribution is 2.46. The molecule has 6 N–H and O–H groups in total. The van der Waals surface area contributed by atoms with E-state index in [0.29, 0.717) is 47.9 Å². The zero-order valence-corrected chi connectivity index (χ0v) is 63.6. The zero-order chi connectivity index (χ0) is 72.3. The topological polar surface area (TPSA) is 121 Å². The van der Waals surface area contributed by atoms with Gasteiger partial charge in [0.25, 0.3) is 0 Å². The maximum absolute atomic E-state index is 12.9. The lowest BCUT2D eigenvalue weighted by molar-refractivity contribution is 0.450. The van der Waals surface area contributed by atoms with E-state index >= 15 is 0 Å². The van der Waals surface area contributed by atoms with E-state index in [1.165, 1.54) is 0 Å². The van der Waals surface area contributed by atoms with Gasteiger partial charge in [-0.25, -0.2) is 0 Å². The molecule has 0 radical (unpaired) electrons. The second kappa shape index (κ2) is 25.4. The summed E-state index contributed by atoms with van der Waals surface area (Å²) in [5, 5.41) is 76.3. The molecule has 0 atom stereocenters. The minimum atomic E-state index is -0.309. The molecule has 0 aliphatic heterocycles. The summed E-state index contributed by atoms with van der Waals surface area (Å²) in [6, 6.07) is 34.3. The molecule has 8 aromatic carbocycles. The highest BCUT2D eigenvalue weighted by Gasteiger charge is 2.31. The van der Waals surface area contributed by atoms with Crippen molar-refractivity contribution in [1.29, 1.82) is 0 Å². The first-order valence-corrected chi connectivity index (χ1v) is 35.5. The average Bonchev–Trinajstić information content (AvgIpc) is 0.770. The fourth-order valence-corrected chi connectivity index (χ4v) is 13.9. The summed E-state index contributed by atoms with van der Waals surface area (Å²) >= 11 is 0. The van der Waals surface area contributed by atoms with Crippen LogP contribution in [0.1, 0.15) is 311 Å². The Bertz CT molecular complexity index is 4100. The number of hydrogen-bond donors (Lipinski definition) is 6. The Morgan fingerprint density at radius 2 is 0.286 bits per heavy atom. The van der Waals surface area contributed by atoms with Crippen LogP contribution in [0.15, 0.2) is 97.1 Å². The van der Waals surface area contributed by atoms with Crippen molar-refractivity contribution in [3.05, 3.63) is 242 Å². The van der Waals surface area contributed by atoms with Crippen LogP contribution in [0.5, 0.6) is 34.5 Å². The van der Waals surface area contributed by atoms with E-state index in [9.17, 15) is 30.6 Å². The Labute approximate surface area is 588 Å². The number of hydrogen-bond acceptors (Lipinski definition) is 6. The number of phenolic OH excluding ortho intramolecular Hbond substituents is 6. The molecule has 0 heterocycles. The molecule has 0 amide bonds. The molecule has 514 valence electrons. The number of benzene rings is 8. The standard InChI is InChI=1S/C92H110O6/c1-85(2,3)69-37-53-29-57-41-71(87(7,8)9)45-61(79(57)93)33-65-49-75(91(19,20)21)50-66(83(65)97)34-62-46-72(88(10,11)12)42-58(80(62)94)30-54(38-69)77(53)27-25-26-28-78-55-31-59-43-73(89(13,14)15)47-63(81(59)95)35-67-51-76(92(22,23)24)52-68(84(67)98)36-64-48-74(90(16,17)18)44-60(82(64)96)32-56(78)40-70(39-55)86(4,5)6/h37-52,93-98H,29-36H2,1-24H3. The molecular weight excluding hydrogens is 1200 g/mol. The molecule has 0 spiro atoms. The van der Waals surface area contributed by atoms with Crippen LogP contribution in [0, 0.1) is 23.7 Å². The summed E-state index contributed by atoms with van der Waals surface area (Å²) in [5.74, 6) is 15.4. The van der Waals surface area contributed by atoms with E-state index in [4.69, 9.17) is 0 Å². The minimum absolute atomic E-state index is 0.166. The van der Waals surface area contributed by atoms with Gasteiger partial charge < -0.3 is 30.6 Å². The third-order valence-corrected chi connectivity index (χ3v) is 20.6. The van der Waals surface area contributed by atoms with Gasteiger partial charge in [-0.3, -0.25) is 0 Å². The second-order valence-corrected chi connectivity index (χ2v) is 37.1. The number of fused-ring (bicyclic) bond motifs is 16. The molecule has 2 aliphatic rings. The summed E-state index contributed by atoms with van der Waals surface area (Å²) < 4.78 is 0. The van der Waals surface area contributed by atoms with Crippen molar-refractivity contribution in [2.75, 3.05) is 0 Å². The molecule has 0 aromatic heterocycles. The normalized spacial score (nSPS) is 14.1. The molecule has 2 aliphatic carbocycles. The predicted octanol–water partition coefficient (Wildman–Crippen LogP) is 21.1. The first kappa shape index (κ1) is 72.4. The molecule has 8 aromatic rings. The number of rotatable bonds is 0. The van der Waals surface area contributed by atoms with Crippen LogP contribution >= 0.6 is 0 Å². The molecule has 0 fully saturated rings. The Balaban J connectivity index is 1.27. The van der Waals surface area contributed by atoms with Crippen LogP contribution in [0.4, 0.5) is 0 Å². The summed E-state index contributed by atoms with van der Waals surface area (Å²) in [6.45, 7) is 52.7. The van der Waals surface area contributed by atoms with Crippen LogP contribution in [-0.4, -0.2) is 30.6 Å². The lowest BCUT2D eigenvalue weighted by Gasteiger charge is -2.27. The molecular formula is C92H110O6. The fraction of sp³-hybridized carbons (Fsp3) is 0.435. The second-order valence-electron chi connectivity index (χ2n) is 37.1. The summed E-state index contributed by atoms with van der Waals surface area (Å²) in [5.41, 5.74) is 20.2. The Kier molecular flexibility index (Phi) is 18.8. The van der Waals surface area contributed by atoms with Crippen LogP contribution in [-0.2, 0) is 94.7 Å². The van der Waals surface area contributed by atoms with Crippen molar-refractivity contribution in [2.24, 2.45) is 0 Å². The lowest BCUT2D eigenvalue weighted by Crippen LogP contribution is -2.16. The third-order valence-electron chi connectivity index (χ3n) is 20.6. The van der Waals surface area contributed by atoms with E-state index in [1.807, 2.05) is 0 Å². The Morgan fingerprint density at radius 1 is 0.184 bits per heavy atom. The first-order valence-electron chi connectivity index (χ1n) is 35.5. The molecule has 0 saturated carbocycles. The summed E-state index contributed by atoms with van der Waals surface area (Å²) in [6.07, 6.45) is 2.45. The van der Waals surface area contributed by atoms with Gasteiger partial charge in [0.15, 0.2) is 0 Å². The van der Waals surface area contributed by atoms with Crippen LogP contribution < -0.4 is 0 Å². The van der Waals surface area contributed by atoms with Crippen LogP contribution in [0.2, 0.25) is 0 Å². The van der Waals surface area contributed by atoms with E-state index < -0.39 is 0 Å². The SMILES string of the molecule is CC(C)(C)c1cc2c(O)c(c1)Cc1cc(C(C)(C)C)cc(c1O)Cc1cc(C(C)(C)C)cc(c1C#CC#Cc1c3cc(C(C)(C)C)cc1Cc1cc(C(C)(C)C)cc(c1O)Cc1cc(C(C)(C)C)cc(c1O)Cc1cc(C(C)(C)C)cc(c1O)C3)Cc1cc(C(C)(C)C)cc(c1O)C2. The average molecular weight is 1310 g/mol. The first-order chi connectivity index (χ1) is 45.0. The van der Waals surface area contributed by atoms with Crippen molar-refractivity contribution in [2.45, 2.75) is 261 Å². The summed E-state index contributed by atoms with van der Waals surface area (Å²) in [7, 11) is 0. The van der Waals surface area contributed by atoms with E-state index in [1.54, 1.807) is 0 Å². The maximum Gasteiger partial charge on any atom is 0.122 e. The quantitative estimate of drug-likeness (QED) is 0.0842. The molecule has 10 rings (SSSR count). The van der Waals surface area contributed by atoms with Gasteiger partial charge in [0, 0.05) is 62.5 Å². The van der Waals surface area contributed by atoms with Gasteiger partial charge in [-0.05, 0) is 189 Å². The third kappa shape index (κ3) is 15.4. The van der Waals surface area contributed by atoms with Gasteiger partial charge in [0.05, 0.1) is 0 Å². The molecule has 6 heteroatoms. The highest BCUT2D eigenvalue weighted by atomic mass is 16.3. The minimum Gasteiger partial charge on any atom is -0.507 e. The number of aromatic hydroxyl groups is 6. The largest absolute Gasteiger partial charge is 0.507 e. The smallest absolute Gasteiger partial charge is 0.122 e. The van der Waals surface area contributed by atoms with E-state index in [-0.39, 0.29) is 104 Å². The van der Waals surface area contributed by atoms with Gasteiger partial charge in [-0.15, -0.1) is 0 Å². The van der Waals surface area contributed by atoms with Crippen molar-refractivity contribution < 1.29 is 30.6 Å². The van der Waals surface area contributed by atoms with E-state index in [2.05, 4.69) is 287 Å². The lowest BCUT2D eigenvalue weighted by atomic mass is 9.78. The summed E-state index contributed by atoms with van der Waals surface area (Å²) in [4.78, 5) is 0. The maximum atomic E-state index is 12.9. The van der Waals surface area contributed by atoms with Gasteiger partial charge in [-0.1, -0.05) is 275 Å². The van der Waals surface area contributed by atoms with Crippen molar-refractivity contribution in [3.8, 4) is 58.2 Å². The molecule has 98 heavy (non-hydrogen) atoms. The highest BCUT2D eigenvalue weighted by molar-refractivity contribution is 5.65. The monoisotopic (exact) mass is 1310 g/mol. The van der Waals surface area contributed by atoms with Crippen molar-refractivity contribution in [3.63, 3.8) is 0 Å². The van der Waals surface area contributed by atoms with Gasteiger partial charge in [0.2, 0.25) is 0 Å². The zero-order valence-electron chi connectivity index (χ0n) is 63.6. The number of phenols is 6. The Hall–Kier alpha value is -8.32. The Morgan fingerprint density at radius 3 is 0.398 bits per heavy atom. The van der Waals surface area contributed by atoms with E-state index in [0.717, 1.165) is 122 Å². The van der Waals surface area contributed by atoms with Crippen molar-refractivity contribution >= 4 is 0 Å². The molecule has 6 nitrogen and oxygen atoms in total. The molecule has 0 unspecified atom stereocenters. The van der Waals surface area contributed by atoms with Gasteiger partial charge in [0.1, 0.15) is 34.5 Å². The van der Waals surface area contributed by atoms with Crippen LogP contribution in [0.3, 0.4) is 0 Å². The van der Waals surface area contributed by atoms with Gasteiger partial charge in [-0.2, -0.15) is 0 Å². The van der Waals surface area contributed by atoms with Crippen molar-refractivity contribution in [1.82, 2.24) is 0 Å². The molecule has 0 saturated heterocycles. The van der Waals surface area contributed by atoms with Gasteiger partial charge >= 0.3 is 0 Å². The molecule has 16 bridgehead atoms.